The van der Waals surface area contributed by atoms with Crippen molar-refractivity contribution < 1.29 is 4.79 Å². The minimum Gasteiger partial charge on any atom is -0.372 e. The molecular formula is C10H16N4OS. The van der Waals surface area contributed by atoms with Gasteiger partial charge >= 0.3 is 0 Å². The number of nitrogens with one attached hydrogen (secondary N) is 2. The van der Waals surface area contributed by atoms with E-state index in [2.05, 4.69) is 20.6 Å². The molecule has 1 heterocycles. The van der Waals surface area contributed by atoms with Crippen molar-refractivity contribution in [3.05, 3.63) is 18.1 Å². The molecule has 0 unspecified atom stereocenters. The summed E-state index contributed by atoms with van der Waals surface area (Å²) < 4.78 is 0. The fourth-order valence-electron chi connectivity index (χ4n) is 1.10. The van der Waals surface area contributed by atoms with Crippen molar-refractivity contribution in [2.24, 2.45) is 0 Å². The Labute approximate surface area is 99.4 Å². The lowest BCUT2D eigenvalue weighted by atomic mass is 10.4. The maximum atomic E-state index is 11.6. The third-order valence-electron chi connectivity index (χ3n) is 1.93. The quantitative estimate of drug-likeness (QED) is 0.726. The zero-order valence-electron chi connectivity index (χ0n) is 9.49. The van der Waals surface area contributed by atoms with Gasteiger partial charge in [-0.2, -0.15) is 11.8 Å². The third-order valence-corrected chi connectivity index (χ3v) is 2.63. The van der Waals surface area contributed by atoms with E-state index in [1.54, 1.807) is 25.0 Å². The maximum absolute atomic E-state index is 11.6. The van der Waals surface area contributed by atoms with Gasteiger partial charge in [0.1, 0.15) is 11.5 Å². The summed E-state index contributed by atoms with van der Waals surface area (Å²) in [6, 6.07) is 0. The number of carbonyl (C=O) groups is 1. The molecule has 6 heteroatoms. The van der Waals surface area contributed by atoms with E-state index in [1.807, 2.05) is 6.26 Å². The van der Waals surface area contributed by atoms with Gasteiger partial charge in [0.05, 0.1) is 12.4 Å². The summed E-state index contributed by atoms with van der Waals surface area (Å²) in [4.78, 5) is 19.7. The van der Waals surface area contributed by atoms with Crippen LogP contribution in [0.5, 0.6) is 0 Å². The number of aromatic nitrogens is 2. The maximum Gasteiger partial charge on any atom is 0.271 e. The molecule has 88 valence electrons. The highest BCUT2D eigenvalue weighted by molar-refractivity contribution is 7.98. The summed E-state index contributed by atoms with van der Waals surface area (Å²) in [5.74, 6) is 1.46. The SMILES string of the molecule is CNc1cncc(C(=O)NCCCSC)n1. The Morgan fingerprint density at radius 2 is 2.31 bits per heavy atom. The number of amides is 1. The summed E-state index contributed by atoms with van der Waals surface area (Å²) in [5.41, 5.74) is 0.344. The number of hydrogen-bond acceptors (Lipinski definition) is 5. The molecule has 0 aromatic carbocycles. The van der Waals surface area contributed by atoms with Gasteiger partial charge in [0, 0.05) is 13.6 Å². The van der Waals surface area contributed by atoms with E-state index >= 15 is 0 Å². The predicted octanol–water partition coefficient (Wildman–Crippen LogP) is 1.00. The Kier molecular flexibility index (Phi) is 5.63. The zero-order valence-corrected chi connectivity index (χ0v) is 10.3. The predicted molar refractivity (Wildman–Crippen MR) is 66.9 cm³/mol. The Hall–Kier alpha value is -1.30. The van der Waals surface area contributed by atoms with Gasteiger partial charge in [-0.05, 0) is 18.4 Å². The van der Waals surface area contributed by atoms with Crippen molar-refractivity contribution in [3.63, 3.8) is 0 Å². The number of rotatable bonds is 6. The molecule has 2 N–H and O–H groups in total. The van der Waals surface area contributed by atoms with Crippen LogP contribution in [0.25, 0.3) is 0 Å². The summed E-state index contributed by atoms with van der Waals surface area (Å²) >= 11 is 1.77. The van der Waals surface area contributed by atoms with Crippen molar-refractivity contribution in [2.75, 3.05) is 30.9 Å². The Morgan fingerprint density at radius 1 is 1.50 bits per heavy atom. The third kappa shape index (κ3) is 4.06. The Balaban J connectivity index is 2.46. The van der Waals surface area contributed by atoms with Crippen molar-refractivity contribution in [2.45, 2.75) is 6.42 Å². The molecule has 0 aliphatic heterocycles. The fraction of sp³-hybridized carbons (Fsp3) is 0.500. The van der Waals surface area contributed by atoms with Gasteiger partial charge in [-0.3, -0.25) is 9.78 Å². The Bertz CT molecular complexity index is 345. The van der Waals surface area contributed by atoms with E-state index in [1.165, 1.54) is 6.20 Å². The first-order valence-electron chi connectivity index (χ1n) is 5.05. The van der Waals surface area contributed by atoms with Crippen molar-refractivity contribution in [3.8, 4) is 0 Å². The van der Waals surface area contributed by atoms with Crippen LogP contribution in [0, 0.1) is 0 Å². The lowest BCUT2D eigenvalue weighted by Crippen LogP contribution is -2.26. The van der Waals surface area contributed by atoms with Crippen LogP contribution in [0.4, 0.5) is 5.82 Å². The van der Waals surface area contributed by atoms with Crippen LogP contribution < -0.4 is 10.6 Å². The first-order chi connectivity index (χ1) is 7.77. The van der Waals surface area contributed by atoms with Crippen LogP contribution in [-0.2, 0) is 0 Å². The van der Waals surface area contributed by atoms with E-state index in [4.69, 9.17) is 0 Å². The fourth-order valence-corrected chi connectivity index (χ4v) is 1.54. The summed E-state index contributed by atoms with van der Waals surface area (Å²) in [5, 5.41) is 5.64. The topological polar surface area (TPSA) is 66.9 Å². The van der Waals surface area contributed by atoms with Gasteiger partial charge in [-0.25, -0.2) is 4.98 Å². The number of anilines is 1. The minimum absolute atomic E-state index is 0.175. The van der Waals surface area contributed by atoms with Crippen LogP contribution in [0.15, 0.2) is 12.4 Å². The average Bonchev–Trinajstić information content (AvgIpc) is 2.34. The molecule has 0 atom stereocenters. The Morgan fingerprint density at radius 3 is 3.00 bits per heavy atom. The highest BCUT2D eigenvalue weighted by atomic mass is 32.2. The molecule has 1 amide bonds. The standard InChI is InChI=1S/C10H16N4OS/c1-11-9-7-12-6-8(14-9)10(15)13-4-3-5-16-2/h6-7H,3-5H2,1-2H3,(H,11,14)(H,13,15). The smallest absolute Gasteiger partial charge is 0.271 e. The highest BCUT2D eigenvalue weighted by Crippen LogP contribution is 2.00. The summed E-state index contributed by atoms with van der Waals surface area (Å²) in [6.07, 6.45) is 6.05. The molecule has 0 bridgehead atoms. The second-order valence-corrected chi connectivity index (χ2v) is 4.13. The van der Waals surface area contributed by atoms with Crippen molar-refractivity contribution in [1.29, 1.82) is 0 Å². The summed E-state index contributed by atoms with van der Waals surface area (Å²) in [7, 11) is 1.74. The van der Waals surface area contributed by atoms with Gasteiger partial charge < -0.3 is 10.6 Å². The van der Waals surface area contributed by atoms with Crippen LogP contribution in [0.1, 0.15) is 16.9 Å². The molecule has 0 fully saturated rings. The molecule has 16 heavy (non-hydrogen) atoms. The summed E-state index contributed by atoms with van der Waals surface area (Å²) in [6.45, 7) is 0.672. The molecule has 0 radical (unpaired) electrons. The van der Waals surface area contributed by atoms with E-state index in [9.17, 15) is 4.79 Å². The molecule has 1 aromatic rings. The lowest BCUT2D eigenvalue weighted by Gasteiger charge is -2.04. The van der Waals surface area contributed by atoms with Gasteiger partial charge in [-0.1, -0.05) is 0 Å². The van der Waals surface area contributed by atoms with Crippen LogP contribution in [-0.4, -0.2) is 41.5 Å². The first-order valence-corrected chi connectivity index (χ1v) is 6.44. The van der Waals surface area contributed by atoms with Crippen LogP contribution >= 0.6 is 11.8 Å². The molecule has 0 aliphatic rings. The number of nitrogens with zero attached hydrogens (tertiary/aromatic N) is 2. The van der Waals surface area contributed by atoms with E-state index < -0.39 is 0 Å². The van der Waals surface area contributed by atoms with Gasteiger partial charge in [0.25, 0.3) is 5.91 Å². The van der Waals surface area contributed by atoms with Gasteiger partial charge in [0.2, 0.25) is 0 Å². The van der Waals surface area contributed by atoms with E-state index in [0.717, 1.165) is 12.2 Å². The van der Waals surface area contributed by atoms with Gasteiger partial charge in [-0.15, -0.1) is 0 Å². The van der Waals surface area contributed by atoms with Crippen molar-refractivity contribution >= 4 is 23.5 Å². The molecule has 0 aliphatic carbocycles. The molecule has 1 rings (SSSR count). The highest BCUT2D eigenvalue weighted by Gasteiger charge is 2.07. The lowest BCUT2D eigenvalue weighted by molar-refractivity contribution is 0.0948. The normalized spacial score (nSPS) is 9.88. The van der Waals surface area contributed by atoms with Crippen LogP contribution in [0.2, 0.25) is 0 Å². The molecule has 5 nitrogen and oxygen atoms in total. The number of carbonyl (C=O) groups excluding carboxylic acids is 1. The van der Waals surface area contributed by atoms with Gasteiger partial charge in [0.15, 0.2) is 0 Å². The zero-order chi connectivity index (χ0) is 11.8. The monoisotopic (exact) mass is 240 g/mol. The number of thioether (sulfide) groups is 1. The van der Waals surface area contributed by atoms with E-state index in [-0.39, 0.29) is 5.91 Å². The molecule has 0 saturated carbocycles. The van der Waals surface area contributed by atoms with E-state index in [0.29, 0.717) is 18.1 Å². The first kappa shape index (κ1) is 12.8. The molecule has 0 saturated heterocycles. The van der Waals surface area contributed by atoms with Crippen molar-refractivity contribution in [1.82, 2.24) is 15.3 Å². The van der Waals surface area contributed by atoms with Crippen LogP contribution in [0.3, 0.4) is 0 Å². The average molecular weight is 240 g/mol. The second-order valence-electron chi connectivity index (χ2n) is 3.14. The molecule has 0 spiro atoms. The second kappa shape index (κ2) is 7.05. The number of hydrogen-bond donors (Lipinski definition) is 2. The molecule has 1 aromatic heterocycles. The molecular weight excluding hydrogens is 224 g/mol. The minimum atomic E-state index is -0.175. The largest absolute Gasteiger partial charge is 0.372 e.